The number of alkyl halides is 6. The molecule has 0 saturated carbocycles. The zero-order valence-corrected chi connectivity index (χ0v) is 34.7. The van der Waals surface area contributed by atoms with Gasteiger partial charge in [0, 0.05) is 48.9 Å². The smallest absolute Gasteiger partial charge is 0.475 e. The van der Waals surface area contributed by atoms with Gasteiger partial charge in [-0.25, -0.2) is 14.4 Å². The van der Waals surface area contributed by atoms with Crippen LogP contribution in [0.5, 0.6) is 6.01 Å². The molecule has 7 rings (SSSR count). The number of carboxylic acids is 2. The van der Waals surface area contributed by atoms with Crippen molar-refractivity contribution in [2.45, 2.75) is 95.5 Å². The second-order valence-electron chi connectivity index (χ2n) is 16.3. The second-order valence-corrected chi connectivity index (χ2v) is 16.7. The highest BCUT2D eigenvalue weighted by atomic mass is 35.5. The molecule has 2 aromatic carbocycles. The number of likely N-dealkylation sites (tertiary alicyclic amines) is 1. The monoisotopic (exact) mass is 890 g/mol. The van der Waals surface area contributed by atoms with Gasteiger partial charge in [0.05, 0.1) is 29.3 Å². The Morgan fingerprint density at radius 2 is 1.56 bits per heavy atom. The number of piperazine rings is 1. The fourth-order valence-electron chi connectivity index (χ4n) is 8.14. The fraction of sp³-hybridized carbons (Fsp3) is 0.575. The number of ether oxygens (including phenoxy) is 2. The van der Waals surface area contributed by atoms with Crippen molar-refractivity contribution in [2.75, 3.05) is 56.2 Å². The van der Waals surface area contributed by atoms with E-state index in [1.54, 1.807) is 0 Å². The number of benzene rings is 2. The van der Waals surface area contributed by atoms with Crippen LogP contribution in [-0.4, -0.2) is 136 Å². The first kappa shape index (κ1) is 47.2. The Labute approximate surface area is 353 Å². The number of aromatic nitrogens is 2. The van der Waals surface area contributed by atoms with Gasteiger partial charge in [-0.15, -0.1) is 0 Å². The summed E-state index contributed by atoms with van der Waals surface area (Å²) in [7, 11) is 2.15. The van der Waals surface area contributed by atoms with Crippen molar-refractivity contribution in [1.82, 2.24) is 19.8 Å². The van der Waals surface area contributed by atoms with Crippen molar-refractivity contribution in [3.8, 4) is 6.01 Å². The lowest BCUT2D eigenvalue weighted by Crippen LogP contribution is -2.58. The number of carboxylic acid groups (broad SMARTS) is 2. The van der Waals surface area contributed by atoms with Crippen LogP contribution in [0.2, 0.25) is 5.02 Å². The highest BCUT2D eigenvalue weighted by molar-refractivity contribution is 6.36. The number of aliphatic hydroxyl groups excluding tert-OH is 1. The molecule has 1 unspecified atom stereocenters. The Morgan fingerprint density at radius 1 is 0.918 bits per heavy atom. The van der Waals surface area contributed by atoms with E-state index in [2.05, 4.69) is 46.0 Å². The van der Waals surface area contributed by atoms with E-state index < -0.39 is 29.9 Å². The standard InChI is InChI=1S/C36H47ClN6O4.2C2HF3O2/c1-36(2,3)47-35(45)43-26-18-24(14-17-44)31(43)21-42(19-26)33-27-13-16-41(30-12-6-9-23-8-5-11-28(37)32(23)30)20-29(27)38-34(39-33)46-22-25-10-7-15-40(25)4;2*3-2(4,5)1(6)7/h5-6,8-9,11-12,24-26,31,44H,7,10,13-22H2,1-4H3;2*(H,6,7)/t24?,25-,26+,31+;;/m0../s1. The molecule has 4 aliphatic rings. The normalized spacial score (nSPS) is 21.5. The Kier molecular flexibility index (Phi) is 14.8. The number of fused-ring (bicyclic) bond motifs is 4. The molecule has 3 N–H and O–H groups in total. The number of hydrogen-bond donors (Lipinski definition) is 3. The number of likely N-dealkylation sites (N-methyl/N-ethyl adjacent to an activating group) is 1. The summed E-state index contributed by atoms with van der Waals surface area (Å²) in [5.74, 6) is -4.41. The molecule has 3 saturated heterocycles. The predicted molar refractivity (Wildman–Crippen MR) is 212 cm³/mol. The average Bonchev–Trinajstić information content (AvgIpc) is 3.68. The number of anilines is 2. The molecule has 336 valence electrons. The molecule has 14 nitrogen and oxygen atoms in total. The third kappa shape index (κ3) is 11.8. The number of amides is 1. The zero-order chi connectivity index (χ0) is 45.0. The van der Waals surface area contributed by atoms with Crippen LogP contribution in [0, 0.1) is 5.92 Å². The number of carbonyl (C=O) groups excluding carboxylic acids is 1. The first-order valence-electron chi connectivity index (χ1n) is 19.6. The van der Waals surface area contributed by atoms with Gasteiger partial charge in [-0.3, -0.25) is 4.90 Å². The lowest BCUT2D eigenvalue weighted by molar-refractivity contribution is -0.193. The third-order valence-electron chi connectivity index (χ3n) is 10.9. The minimum absolute atomic E-state index is 0.0276. The predicted octanol–water partition coefficient (Wildman–Crippen LogP) is 6.78. The van der Waals surface area contributed by atoms with Crippen LogP contribution >= 0.6 is 11.6 Å². The second kappa shape index (κ2) is 19.1. The van der Waals surface area contributed by atoms with Crippen molar-refractivity contribution in [3.05, 3.63) is 52.7 Å². The van der Waals surface area contributed by atoms with Gasteiger partial charge in [0.1, 0.15) is 18.0 Å². The molecule has 0 aliphatic carbocycles. The number of hydrogen-bond acceptors (Lipinski definition) is 11. The van der Waals surface area contributed by atoms with Gasteiger partial charge in [0.15, 0.2) is 0 Å². The van der Waals surface area contributed by atoms with Gasteiger partial charge < -0.3 is 39.5 Å². The number of carbonyl (C=O) groups is 3. The maximum atomic E-state index is 13.4. The quantitative estimate of drug-likeness (QED) is 0.213. The van der Waals surface area contributed by atoms with Crippen molar-refractivity contribution in [2.24, 2.45) is 5.92 Å². The van der Waals surface area contributed by atoms with E-state index in [9.17, 15) is 36.2 Å². The first-order valence-corrected chi connectivity index (χ1v) is 20.0. The zero-order valence-electron chi connectivity index (χ0n) is 34.0. The molecule has 5 heterocycles. The van der Waals surface area contributed by atoms with Crippen LogP contribution in [0.25, 0.3) is 10.8 Å². The van der Waals surface area contributed by atoms with E-state index in [1.165, 1.54) is 6.42 Å². The SMILES string of the molecule is CN1CCC[C@H]1COc1nc2c(c(N3C[C@H]4CC(CCO)[C@@H](C3)N4C(=O)OC(C)(C)C)n1)CCN(c1cccc3cccc(Cl)c13)C2.O=C(O)C(F)(F)F.O=C(O)C(F)(F)F. The number of halogens is 7. The maximum Gasteiger partial charge on any atom is 0.490 e. The lowest BCUT2D eigenvalue weighted by atomic mass is 9.96. The van der Waals surface area contributed by atoms with Crippen LogP contribution in [0.4, 0.5) is 42.6 Å². The van der Waals surface area contributed by atoms with Gasteiger partial charge in [-0.2, -0.15) is 36.3 Å². The molecular formula is C40H49ClF6N6O8. The molecule has 4 atom stereocenters. The van der Waals surface area contributed by atoms with Crippen molar-refractivity contribution in [1.29, 1.82) is 0 Å². The fourth-order valence-corrected chi connectivity index (χ4v) is 8.42. The Bertz CT molecular complexity index is 2020. The van der Waals surface area contributed by atoms with Crippen molar-refractivity contribution >= 4 is 51.9 Å². The van der Waals surface area contributed by atoms with E-state index in [-0.39, 0.29) is 30.7 Å². The highest BCUT2D eigenvalue weighted by Crippen LogP contribution is 2.42. The molecule has 61 heavy (non-hydrogen) atoms. The summed E-state index contributed by atoms with van der Waals surface area (Å²) >= 11 is 6.75. The summed E-state index contributed by atoms with van der Waals surface area (Å²) in [6.45, 7) is 10.1. The molecule has 3 fully saturated rings. The first-order chi connectivity index (χ1) is 28.5. The highest BCUT2D eigenvalue weighted by Gasteiger charge is 2.50. The van der Waals surface area contributed by atoms with E-state index in [1.807, 2.05) is 37.8 Å². The topological polar surface area (TPSA) is 169 Å². The Morgan fingerprint density at radius 3 is 2.13 bits per heavy atom. The molecule has 1 amide bonds. The number of aliphatic hydroxyl groups is 1. The molecule has 2 bridgehead atoms. The summed E-state index contributed by atoms with van der Waals surface area (Å²) in [5, 5.41) is 27.1. The minimum atomic E-state index is -5.08. The summed E-state index contributed by atoms with van der Waals surface area (Å²) in [6.07, 6.45) is -5.90. The lowest BCUT2D eigenvalue weighted by Gasteiger charge is -2.43. The molecule has 3 aromatic rings. The Balaban J connectivity index is 0.000000434. The summed E-state index contributed by atoms with van der Waals surface area (Å²) in [5.41, 5.74) is 2.63. The summed E-state index contributed by atoms with van der Waals surface area (Å²) in [4.78, 5) is 50.4. The third-order valence-corrected chi connectivity index (χ3v) is 11.2. The van der Waals surface area contributed by atoms with Crippen LogP contribution in [0.3, 0.4) is 0 Å². The van der Waals surface area contributed by atoms with Crippen LogP contribution < -0.4 is 14.5 Å². The van der Waals surface area contributed by atoms with Gasteiger partial charge in [0.25, 0.3) is 0 Å². The molecule has 4 aliphatic heterocycles. The Hall–Kier alpha value is -4.82. The minimum Gasteiger partial charge on any atom is -0.475 e. The molecular weight excluding hydrogens is 842 g/mol. The average molecular weight is 891 g/mol. The van der Waals surface area contributed by atoms with Crippen molar-refractivity contribution < 1.29 is 65.5 Å². The van der Waals surface area contributed by atoms with Gasteiger partial charge in [-0.1, -0.05) is 35.9 Å². The van der Waals surface area contributed by atoms with Crippen LogP contribution in [0.15, 0.2) is 36.4 Å². The van der Waals surface area contributed by atoms with E-state index in [0.717, 1.165) is 70.9 Å². The number of nitrogens with zero attached hydrogens (tertiary/aromatic N) is 6. The molecule has 1 aromatic heterocycles. The van der Waals surface area contributed by atoms with Gasteiger partial charge >= 0.3 is 36.4 Å². The van der Waals surface area contributed by atoms with Crippen molar-refractivity contribution in [3.63, 3.8) is 0 Å². The summed E-state index contributed by atoms with van der Waals surface area (Å²) < 4.78 is 75.7. The number of rotatable bonds is 7. The molecule has 21 heteroatoms. The van der Waals surface area contributed by atoms with Gasteiger partial charge in [-0.05, 0) is 89.9 Å². The van der Waals surface area contributed by atoms with Crippen LogP contribution in [-0.2, 0) is 27.3 Å². The largest absolute Gasteiger partial charge is 0.490 e. The molecule has 0 radical (unpaired) electrons. The van der Waals surface area contributed by atoms with E-state index >= 15 is 0 Å². The van der Waals surface area contributed by atoms with E-state index in [4.69, 9.17) is 50.8 Å². The maximum absolute atomic E-state index is 13.4. The number of aliphatic carboxylic acids is 2. The molecule has 0 spiro atoms. The summed E-state index contributed by atoms with van der Waals surface area (Å²) in [6, 6.07) is 13.0. The van der Waals surface area contributed by atoms with Crippen LogP contribution in [0.1, 0.15) is 57.7 Å². The van der Waals surface area contributed by atoms with Gasteiger partial charge in [0.2, 0.25) is 0 Å². The van der Waals surface area contributed by atoms with E-state index in [0.29, 0.717) is 44.7 Å².